The van der Waals surface area contributed by atoms with Gasteiger partial charge in [0.1, 0.15) is 29.3 Å². The number of para-hydroxylation sites is 2. The van der Waals surface area contributed by atoms with Crippen molar-refractivity contribution < 1.29 is 38.0 Å². The van der Waals surface area contributed by atoms with E-state index in [1.807, 2.05) is 30.3 Å². The summed E-state index contributed by atoms with van der Waals surface area (Å²) >= 11 is 4.99. The minimum atomic E-state index is -1.32. The minimum Gasteiger partial charge on any atom is -0.496 e. The maximum Gasteiger partial charge on any atom is 0.345 e. The van der Waals surface area contributed by atoms with Crippen LogP contribution < -0.4 is 18.9 Å². The molecular formula is C38H32BrFN4O7S. The molecule has 266 valence electrons. The van der Waals surface area contributed by atoms with Gasteiger partial charge < -0.3 is 28.8 Å². The largest absolute Gasteiger partial charge is 0.496 e. The molecule has 0 amide bonds. The number of halogens is 2. The van der Waals surface area contributed by atoms with Crippen LogP contribution in [0.1, 0.15) is 30.5 Å². The number of benzene rings is 3. The van der Waals surface area contributed by atoms with Crippen molar-refractivity contribution in [2.45, 2.75) is 44.7 Å². The Labute approximate surface area is 310 Å². The lowest BCUT2D eigenvalue weighted by atomic mass is 10.1. The first-order valence-electron chi connectivity index (χ1n) is 16.4. The number of nitrogens with zero attached hydrogens (tertiary/aromatic N) is 4. The highest BCUT2D eigenvalue weighted by molar-refractivity contribution is 9.10. The number of hydrogen-bond acceptors (Lipinski definition) is 11. The number of hydrogen-bond donors (Lipinski definition) is 1. The molecule has 1 saturated heterocycles. The average Bonchev–Trinajstić information content (AvgIpc) is 3.52. The Hall–Kier alpha value is -5.18. The summed E-state index contributed by atoms with van der Waals surface area (Å²) in [5, 5.41) is 10.8. The zero-order valence-electron chi connectivity index (χ0n) is 27.8. The molecule has 3 aromatic heterocycles. The van der Waals surface area contributed by atoms with Crippen LogP contribution in [0.25, 0.3) is 32.0 Å². The van der Waals surface area contributed by atoms with Crippen molar-refractivity contribution in [1.82, 2.24) is 19.9 Å². The summed E-state index contributed by atoms with van der Waals surface area (Å²) < 4.78 is 44.6. The minimum absolute atomic E-state index is 0.0241. The van der Waals surface area contributed by atoms with Crippen LogP contribution in [0, 0.1) is 5.82 Å². The lowest BCUT2D eigenvalue weighted by Gasteiger charge is -2.23. The number of fused-ring (bicyclic) bond motifs is 1. The van der Waals surface area contributed by atoms with Gasteiger partial charge in [-0.1, -0.05) is 36.4 Å². The van der Waals surface area contributed by atoms with Gasteiger partial charge in [-0.15, -0.1) is 11.3 Å². The molecule has 52 heavy (non-hydrogen) atoms. The fraction of sp³-hybridized carbons (Fsp3) is 0.237. The van der Waals surface area contributed by atoms with Crippen LogP contribution in [0.15, 0.2) is 89.8 Å². The Morgan fingerprint density at radius 3 is 2.67 bits per heavy atom. The first kappa shape index (κ1) is 35.2. The smallest absolute Gasteiger partial charge is 0.345 e. The number of carbonyl (C=O) groups is 1. The van der Waals surface area contributed by atoms with Crippen LogP contribution >= 0.6 is 27.3 Å². The molecule has 0 bridgehead atoms. The predicted molar refractivity (Wildman–Crippen MR) is 195 cm³/mol. The summed E-state index contributed by atoms with van der Waals surface area (Å²) in [6.07, 6.45) is 3.69. The van der Waals surface area contributed by atoms with E-state index < -0.39 is 24.2 Å². The molecule has 0 aliphatic carbocycles. The molecule has 3 aromatic carbocycles. The highest BCUT2D eigenvalue weighted by Gasteiger charge is 2.27. The lowest BCUT2D eigenvalue weighted by Crippen LogP contribution is -2.30. The molecule has 6 aromatic rings. The van der Waals surface area contributed by atoms with Gasteiger partial charge in [0, 0.05) is 19.0 Å². The van der Waals surface area contributed by atoms with Crippen LogP contribution in [0.2, 0.25) is 0 Å². The van der Waals surface area contributed by atoms with Gasteiger partial charge in [-0.25, -0.2) is 29.1 Å². The highest BCUT2D eigenvalue weighted by atomic mass is 79.9. The number of aromatic nitrogens is 4. The molecule has 4 heterocycles. The van der Waals surface area contributed by atoms with Gasteiger partial charge in [0.05, 0.1) is 39.7 Å². The molecule has 1 aliphatic heterocycles. The second kappa shape index (κ2) is 16.0. The van der Waals surface area contributed by atoms with Gasteiger partial charge in [-0.2, -0.15) is 0 Å². The molecule has 1 fully saturated rings. The molecule has 2 unspecified atom stereocenters. The third-order valence-corrected chi connectivity index (χ3v) is 10.5. The van der Waals surface area contributed by atoms with Crippen LogP contribution in [0.4, 0.5) is 4.39 Å². The topological polar surface area (TPSA) is 135 Å². The molecular weight excluding hydrogens is 755 g/mol. The quantitative estimate of drug-likeness (QED) is 0.121. The average molecular weight is 788 g/mol. The molecule has 0 saturated carbocycles. The van der Waals surface area contributed by atoms with E-state index in [4.69, 9.17) is 23.7 Å². The van der Waals surface area contributed by atoms with Gasteiger partial charge in [0.2, 0.25) is 12.0 Å². The van der Waals surface area contributed by atoms with Gasteiger partial charge >= 0.3 is 5.97 Å². The van der Waals surface area contributed by atoms with E-state index in [0.717, 1.165) is 23.3 Å². The molecule has 0 radical (unpaired) electrons. The summed E-state index contributed by atoms with van der Waals surface area (Å²) in [5.41, 5.74) is 2.66. The standard InChI is InChI=1S/C38H32BrFN4O7S/c1-47-28-11-5-3-9-25(28)35-41-16-15-24(44-35)20-49-27-10-4-2-8-22(27)18-30(38(45)46)51-36-32-33(39)34(52-37(32)43-21-42-36)23-13-14-26(40)29(19-23)50-31-12-6-7-17-48-31/h2-5,8-11,13-16,19,21,30-31H,6-7,12,17-18,20H2,1H3,(H,45,46). The molecule has 7 rings (SSSR count). The zero-order valence-corrected chi connectivity index (χ0v) is 30.2. The Bertz CT molecular complexity index is 2210. The third-order valence-electron chi connectivity index (χ3n) is 8.33. The number of carboxylic acid groups (broad SMARTS) is 1. The fourth-order valence-electron chi connectivity index (χ4n) is 5.74. The van der Waals surface area contributed by atoms with E-state index in [0.29, 0.717) is 61.9 Å². The summed E-state index contributed by atoms with van der Waals surface area (Å²) in [5.74, 6) is 0.112. The van der Waals surface area contributed by atoms with Crippen molar-refractivity contribution in [2.24, 2.45) is 0 Å². The van der Waals surface area contributed by atoms with Gasteiger partial charge in [0.15, 0.2) is 23.7 Å². The first-order chi connectivity index (χ1) is 25.4. The highest BCUT2D eigenvalue weighted by Crippen LogP contribution is 2.45. The molecule has 14 heteroatoms. The van der Waals surface area contributed by atoms with Crippen LogP contribution in [-0.2, 0) is 22.6 Å². The zero-order chi connectivity index (χ0) is 36.0. The molecule has 1 N–H and O–H groups in total. The van der Waals surface area contributed by atoms with E-state index in [2.05, 4.69) is 35.9 Å². The fourth-order valence-corrected chi connectivity index (χ4v) is 7.73. The van der Waals surface area contributed by atoms with E-state index in [1.165, 1.54) is 23.7 Å². The number of thiophene rings is 1. The Balaban J connectivity index is 1.10. The molecule has 0 spiro atoms. The number of ether oxygens (including phenoxy) is 5. The summed E-state index contributed by atoms with van der Waals surface area (Å²) in [6.45, 7) is 0.682. The Kier molecular flexibility index (Phi) is 10.8. The SMILES string of the molecule is COc1ccccc1-c1nccc(COc2ccccc2CC(Oc2ncnc3sc(-c4ccc(F)c(OC5CCCCO5)c4)c(Br)c23)C(=O)O)n1. The van der Waals surface area contributed by atoms with Crippen molar-refractivity contribution >= 4 is 43.5 Å². The number of carboxylic acids is 1. The maximum absolute atomic E-state index is 14.8. The summed E-state index contributed by atoms with van der Waals surface area (Å²) in [6, 6.07) is 21.0. The lowest BCUT2D eigenvalue weighted by molar-refractivity contribution is -0.145. The second-order valence-electron chi connectivity index (χ2n) is 11.8. The Morgan fingerprint density at radius 1 is 1.04 bits per heavy atom. The number of aliphatic carboxylic acids is 1. The normalized spacial score (nSPS) is 14.9. The van der Waals surface area contributed by atoms with Crippen LogP contribution in [0.5, 0.6) is 23.1 Å². The monoisotopic (exact) mass is 786 g/mol. The van der Waals surface area contributed by atoms with Crippen LogP contribution in [0.3, 0.4) is 0 Å². The Morgan fingerprint density at radius 2 is 1.87 bits per heavy atom. The predicted octanol–water partition coefficient (Wildman–Crippen LogP) is 8.28. The second-order valence-corrected chi connectivity index (χ2v) is 13.6. The van der Waals surface area contributed by atoms with Crippen molar-refractivity contribution in [3.63, 3.8) is 0 Å². The van der Waals surface area contributed by atoms with E-state index >= 15 is 0 Å². The van der Waals surface area contributed by atoms with Gasteiger partial charge in [0.25, 0.3) is 0 Å². The van der Waals surface area contributed by atoms with Crippen molar-refractivity contribution in [1.29, 1.82) is 0 Å². The van der Waals surface area contributed by atoms with Crippen molar-refractivity contribution in [3.05, 3.63) is 107 Å². The number of methoxy groups -OCH3 is 1. The molecule has 1 aliphatic rings. The van der Waals surface area contributed by atoms with E-state index in [1.54, 1.807) is 49.7 Å². The van der Waals surface area contributed by atoms with Gasteiger partial charge in [-0.3, -0.25) is 0 Å². The maximum atomic E-state index is 14.8. The molecule has 2 atom stereocenters. The summed E-state index contributed by atoms with van der Waals surface area (Å²) in [7, 11) is 1.59. The van der Waals surface area contributed by atoms with Crippen molar-refractivity contribution in [3.8, 4) is 45.0 Å². The van der Waals surface area contributed by atoms with E-state index in [-0.39, 0.29) is 24.7 Å². The number of rotatable bonds is 13. The van der Waals surface area contributed by atoms with E-state index in [9.17, 15) is 14.3 Å². The third kappa shape index (κ3) is 7.83. The van der Waals surface area contributed by atoms with Gasteiger partial charge in [-0.05, 0) is 76.3 Å². The first-order valence-corrected chi connectivity index (χ1v) is 18.1. The molecule has 11 nitrogen and oxygen atoms in total. The van der Waals surface area contributed by atoms with Crippen LogP contribution in [-0.4, -0.2) is 57.1 Å². The summed E-state index contributed by atoms with van der Waals surface area (Å²) in [4.78, 5) is 31.7. The van der Waals surface area contributed by atoms with Crippen molar-refractivity contribution in [2.75, 3.05) is 13.7 Å².